The Balaban J connectivity index is 1.57. The van der Waals surface area contributed by atoms with Crippen LogP contribution in [-0.4, -0.2) is 39.0 Å². The standard InChI is InChI=1S/C15H18FN5/c16-13-8-18-15(19-9-13)20-14-4-2-6-21(11-14)10-12-3-1-5-17-7-12/h1,3,5,7-9,14H,2,4,6,10-11H2,(H,18,19,20)/t14-/m0/s1. The summed E-state index contributed by atoms with van der Waals surface area (Å²) in [5.41, 5.74) is 1.22. The van der Waals surface area contributed by atoms with Gasteiger partial charge in [0.15, 0.2) is 5.82 Å². The van der Waals surface area contributed by atoms with Gasteiger partial charge in [-0.1, -0.05) is 6.07 Å². The van der Waals surface area contributed by atoms with Gasteiger partial charge in [-0.25, -0.2) is 14.4 Å². The van der Waals surface area contributed by atoms with Crippen LogP contribution in [0.5, 0.6) is 0 Å². The number of halogens is 1. The largest absolute Gasteiger partial charge is 0.350 e. The van der Waals surface area contributed by atoms with Gasteiger partial charge in [-0.15, -0.1) is 0 Å². The van der Waals surface area contributed by atoms with E-state index in [1.54, 1.807) is 6.20 Å². The maximum Gasteiger partial charge on any atom is 0.223 e. The molecule has 1 N–H and O–H groups in total. The molecule has 0 aromatic carbocycles. The van der Waals surface area contributed by atoms with Crippen molar-refractivity contribution in [2.24, 2.45) is 0 Å². The molecule has 3 heterocycles. The number of anilines is 1. The molecule has 0 spiro atoms. The average Bonchev–Trinajstić information content (AvgIpc) is 2.51. The number of nitrogens with one attached hydrogen (secondary N) is 1. The maximum atomic E-state index is 12.8. The first-order valence-electron chi connectivity index (χ1n) is 7.15. The van der Waals surface area contributed by atoms with E-state index < -0.39 is 5.82 Å². The van der Waals surface area contributed by atoms with Crippen molar-refractivity contribution in [3.8, 4) is 0 Å². The molecule has 1 atom stereocenters. The van der Waals surface area contributed by atoms with E-state index >= 15 is 0 Å². The van der Waals surface area contributed by atoms with Crippen LogP contribution >= 0.6 is 0 Å². The van der Waals surface area contributed by atoms with Gasteiger partial charge in [0.05, 0.1) is 12.4 Å². The van der Waals surface area contributed by atoms with Crippen LogP contribution in [0.4, 0.5) is 10.3 Å². The van der Waals surface area contributed by atoms with Crippen molar-refractivity contribution in [3.63, 3.8) is 0 Å². The lowest BCUT2D eigenvalue weighted by atomic mass is 10.1. The summed E-state index contributed by atoms with van der Waals surface area (Å²) in [5, 5.41) is 3.28. The highest BCUT2D eigenvalue weighted by Crippen LogP contribution is 2.15. The molecule has 0 amide bonds. The first-order chi connectivity index (χ1) is 10.3. The van der Waals surface area contributed by atoms with Gasteiger partial charge in [0.1, 0.15) is 0 Å². The van der Waals surface area contributed by atoms with E-state index in [-0.39, 0.29) is 0 Å². The van der Waals surface area contributed by atoms with Crippen LogP contribution in [0.3, 0.4) is 0 Å². The van der Waals surface area contributed by atoms with Crippen molar-refractivity contribution in [3.05, 3.63) is 48.3 Å². The second-order valence-corrected chi connectivity index (χ2v) is 5.30. The molecule has 0 bridgehead atoms. The van der Waals surface area contributed by atoms with E-state index in [4.69, 9.17) is 0 Å². The van der Waals surface area contributed by atoms with Crippen molar-refractivity contribution in [2.75, 3.05) is 18.4 Å². The number of hydrogen-bond donors (Lipinski definition) is 1. The minimum atomic E-state index is -0.414. The van der Waals surface area contributed by atoms with E-state index in [9.17, 15) is 4.39 Å². The quantitative estimate of drug-likeness (QED) is 0.933. The second kappa shape index (κ2) is 6.58. The third-order valence-electron chi connectivity index (χ3n) is 3.59. The normalized spacial score (nSPS) is 19.4. The summed E-state index contributed by atoms with van der Waals surface area (Å²) < 4.78 is 12.8. The molecule has 0 saturated carbocycles. The Morgan fingerprint density at radius 2 is 2.14 bits per heavy atom. The van der Waals surface area contributed by atoms with Gasteiger partial charge in [-0.3, -0.25) is 9.88 Å². The molecule has 0 radical (unpaired) electrons. The fourth-order valence-corrected chi connectivity index (χ4v) is 2.64. The van der Waals surface area contributed by atoms with Gasteiger partial charge < -0.3 is 5.32 Å². The molecule has 2 aromatic rings. The Bertz CT molecular complexity index is 560. The number of rotatable bonds is 4. The molecular weight excluding hydrogens is 269 g/mol. The smallest absolute Gasteiger partial charge is 0.223 e. The van der Waals surface area contributed by atoms with Gasteiger partial charge in [0.25, 0.3) is 0 Å². The molecule has 21 heavy (non-hydrogen) atoms. The van der Waals surface area contributed by atoms with E-state index in [0.29, 0.717) is 12.0 Å². The average molecular weight is 287 g/mol. The van der Waals surface area contributed by atoms with Gasteiger partial charge in [0, 0.05) is 31.5 Å². The zero-order chi connectivity index (χ0) is 14.5. The SMILES string of the molecule is Fc1cnc(N[C@H]2CCCN(Cc3cccnc3)C2)nc1. The lowest BCUT2D eigenvalue weighted by Crippen LogP contribution is -2.41. The zero-order valence-electron chi connectivity index (χ0n) is 11.7. The summed E-state index contributed by atoms with van der Waals surface area (Å²) in [5.74, 6) is 0.0760. The van der Waals surface area contributed by atoms with Gasteiger partial charge in [-0.2, -0.15) is 0 Å². The maximum absolute atomic E-state index is 12.8. The first-order valence-corrected chi connectivity index (χ1v) is 7.15. The first kappa shape index (κ1) is 13.9. The van der Waals surface area contributed by atoms with E-state index in [1.807, 2.05) is 12.3 Å². The van der Waals surface area contributed by atoms with Crippen LogP contribution in [0, 0.1) is 5.82 Å². The van der Waals surface area contributed by atoms with Crippen molar-refractivity contribution in [1.29, 1.82) is 0 Å². The predicted molar refractivity (Wildman–Crippen MR) is 78.1 cm³/mol. The van der Waals surface area contributed by atoms with Gasteiger partial charge in [0.2, 0.25) is 5.95 Å². The summed E-state index contributed by atoms with van der Waals surface area (Å²) in [7, 11) is 0. The fourth-order valence-electron chi connectivity index (χ4n) is 2.64. The Labute approximate surface area is 123 Å². The minimum Gasteiger partial charge on any atom is -0.350 e. The molecule has 2 aromatic heterocycles. The lowest BCUT2D eigenvalue weighted by Gasteiger charge is -2.33. The van der Waals surface area contributed by atoms with Crippen molar-refractivity contribution < 1.29 is 4.39 Å². The highest BCUT2D eigenvalue weighted by Gasteiger charge is 2.20. The topological polar surface area (TPSA) is 53.9 Å². The van der Waals surface area contributed by atoms with Crippen molar-refractivity contribution >= 4 is 5.95 Å². The molecule has 1 aliphatic rings. The van der Waals surface area contributed by atoms with E-state index in [0.717, 1.165) is 32.5 Å². The Hall–Kier alpha value is -2.08. The monoisotopic (exact) mass is 287 g/mol. The molecule has 1 saturated heterocycles. The van der Waals surface area contributed by atoms with Gasteiger partial charge in [-0.05, 0) is 31.0 Å². The van der Waals surface area contributed by atoms with Crippen molar-refractivity contribution in [1.82, 2.24) is 19.9 Å². The highest BCUT2D eigenvalue weighted by molar-refractivity contribution is 5.25. The number of aromatic nitrogens is 3. The van der Waals surface area contributed by atoms with Gasteiger partial charge >= 0.3 is 0 Å². The fraction of sp³-hybridized carbons (Fsp3) is 0.400. The highest BCUT2D eigenvalue weighted by atomic mass is 19.1. The molecule has 1 fully saturated rings. The van der Waals surface area contributed by atoms with Crippen LogP contribution in [0.15, 0.2) is 36.9 Å². The number of pyridine rings is 1. The lowest BCUT2D eigenvalue weighted by molar-refractivity contribution is 0.208. The molecular formula is C15H18FN5. The number of piperidine rings is 1. The van der Waals surface area contributed by atoms with Crippen LogP contribution in [0.2, 0.25) is 0 Å². The third-order valence-corrected chi connectivity index (χ3v) is 3.59. The van der Waals surface area contributed by atoms with Crippen molar-refractivity contribution in [2.45, 2.75) is 25.4 Å². The summed E-state index contributed by atoms with van der Waals surface area (Å²) in [4.78, 5) is 14.4. The van der Waals surface area contributed by atoms with Crippen LogP contribution in [-0.2, 0) is 6.54 Å². The molecule has 0 aliphatic carbocycles. The van der Waals surface area contributed by atoms with Crippen LogP contribution in [0.25, 0.3) is 0 Å². The molecule has 3 rings (SSSR count). The molecule has 0 unspecified atom stereocenters. The number of hydrogen-bond acceptors (Lipinski definition) is 5. The van der Waals surface area contributed by atoms with E-state index in [2.05, 4.69) is 31.2 Å². The summed E-state index contributed by atoms with van der Waals surface area (Å²) in [6.45, 7) is 2.91. The number of nitrogens with zero attached hydrogens (tertiary/aromatic N) is 4. The van der Waals surface area contributed by atoms with Crippen LogP contribution in [0.1, 0.15) is 18.4 Å². The second-order valence-electron chi connectivity index (χ2n) is 5.30. The molecule has 5 nitrogen and oxygen atoms in total. The summed E-state index contributed by atoms with van der Waals surface area (Å²) in [6, 6.07) is 4.34. The molecule has 6 heteroatoms. The summed E-state index contributed by atoms with van der Waals surface area (Å²) in [6.07, 6.45) is 8.26. The predicted octanol–water partition coefficient (Wildman–Crippen LogP) is 2.09. The van der Waals surface area contributed by atoms with E-state index in [1.165, 1.54) is 18.0 Å². The summed E-state index contributed by atoms with van der Waals surface area (Å²) >= 11 is 0. The van der Waals surface area contributed by atoms with Crippen LogP contribution < -0.4 is 5.32 Å². The Kier molecular flexibility index (Phi) is 4.35. The Morgan fingerprint density at radius 1 is 1.29 bits per heavy atom. The third kappa shape index (κ3) is 3.95. The zero-order valence-corrected chi connectivity index (χ0v) is 11.7. The molecule has 110 valence electrons. The number of likely N-dealkylation sites (tertiary alicyclic amines) is 1. The minimum absolute atomic E-state index is 0.292. The Morgan fingerprint density at radius 3 is 2.90 bits per heavy atom. The molecule has 1 aliphatic heterocycles.